The third-order valence-electron chi connectivity index (χ3n) is 2.49. The second-order valence-corrected chi connectivity index (χ2v) is 4.78. The van der Waals surface area contributed by atoms with Gasteiger partial charge in [-0.2, -0.15) is 0 Å². The predicted octanol–water partition coefficient (Wildman–Crippen LogP) is 1.83. The number of aromatic nitrogens is 2. The van der Waals surface area contributed by atoms with Gasteiger partial charge in [0.1, 0.15) is 0 Å². The number of thiazole rings is 1. The zero-order chi connectivity index (χ0) is 12.8. The number of nitrogens with one attached hydrogen (secondary N) is 1. The van der Waals surface area contributed by atoms with Crippen LogP contribution < -0.4 is 5.32 Å². The van der Waals surface area contributed by atoms with Crippen molar-refractivity contribution in [3.05, 3.63) is 23.5 Å². The lowest BCUT2D eigenvalue weighted by molar-refractivity contribution is -0.143. The molecule has 0 spiro atoms. The maximum atomic E-state index is 11.1. The lowest BCUT2D eigenvalue weighted by Gasteiger charge is -2.02. The Morgan fingerprint density at radius 1 is 1.61 bits per heavy atom. The van der Waals surface area contributed by atoms with Crippen LogP contribution in [0.2, 0.25) is 0 Å². The van der Waals surface area contributed by atoms with E-state index in [2.05, 4.69) is 10.3 Å². The first-order valence-corrected chi connectivity index (χ1v) is 6.95. The molecule has 2 aromatic rings. The third-order valence-corrected chi connectivity index (χ3v) is 3.26. The van der Waals surface area contributed by atoms with Crippen LogP contribution in [0.3, 0.4) is 0 Å². The zero-order valence-electron chi connectivity index (χ0n) is 10.4. The highest BCUT2D eigenvalue weighted by Crippen LogP contribution is 2.10. The van der Waals surface area contributed by atoms with Gasteiger partial charge >= 0.3 is 5.97 Å². The molecule has 2 rings (SSSR count). The lowest BCUT2D eigenvalue weighted by Crippen LogP contribution is -2.16. The number of carbonyl (C=O) groups is 1. The molecule has 98 valence electrons. The molecule has 0 atom stereocenters. The second-order valence-electron chi connectivity index (χ2n) is 3.91. The van der Waals surface area contributed by atoms with Gasteiger partial charge in [-0.25, -0.2) is 4.98 Å². The van der Waals surface area contributed by atoms with Crippen LogP contribution in [0.1, 0.15) is 25.5 Å². The number of hydrogen-bond donors (Lipinski definition) is 1. The van der Waals surface area contributed by atoms with E-state index >= 15 is 0 Å². The molecule has 2 aromatic heterocycles. The van der Waals surface area contributed by atoms with Gasteiger partial charge in [-0.15, -0.1) is 11.3 Å². The summed E-state index contributed by atoms with van der Waals surface area (Å²) in [6.45, 7) is 3.80. The summed E-state index contributed by atoms with van der Waals surface area (Å²) in [5.74, 6) is -0.123. The van der Waals surface area contributed by atoms with Gasteiger partial charge in [0.15, 0.2) is 4.96 Å². The van der Waals surface area contributed by atoms with Crippen molar-refractivity contribution in [1.29, 1.82) is 0 Å². The van der Waals surface area contributed by atoms with E-state index in [0.717, 1.165) is 30.2 Å². The molecule has 0 unspecified atom stereocenters. The highest BCUT2D eigenvalue weighted by molar-refractivity contribution is 7.15. The molecule has 0 saturated heterocycles. The summed E-state index contributed by atoms with van der Waals surface area (Å²) in [7, 11) is 0. The summed E-state index contributed by atoms with van der Waals surface area (Å²) in [4.78, 5) is 16.6. The molecule has 1 N–H and O–H groups in total. The fourth-order valence-corrected chi connectivity index (χ4v) is 2.39. The lowest BCUT2D eigenvalue weighted by atomic mass is 10.3. The number of nitrogens with zero attached hydrogens (tertiary/aromatic N) is 2. The van der Waals surface area contributed by atoms with Gasteiger partial charge in [-0.3, -0.25) is 9.20 Å². The van der Waals surface area contributed by atoms with Crippen molar-refractivity contribution in [2.45, 2.75) is 26.3 Å². The van der Waals surface area contributed by atoms with Crippen molar-refractivity contribution < 1.29 is 9.53 Å². The van der Waals surface area contributed by atoms with Crippen LogP contribution in [-0.2, 0) is 16.1 Å². The van der Waals surface area contributed by atoms with Crippen LogP contribution in [0, 0.1) is 0 Å². The summed E-state index contributed by atoms with van der Waals surface area (Å²) in [6.07, 6.45) is 5.28. The number of imidazole rings is 1. The van der Waals surface area contributed by atoms with Crippen molar-refractivity contribution >= 4 is 22.3 Å². The second kappa shape index (κ2) is 6.51. The molecule has 18 heavy (non-hydrogen) atoms. The van der Waals surface area contributed by atoms with E-state index < -0.39 is 0 Å². The smallest absolute Gasteiger partial charge is 0.305 e. The van der Waals surface area contributed by atoms with Crippen molar-refractivity contribution in [2.75, 3.05) is 13.2 Å². The minimum atomic E-state index is -0.123. The van der Waals surface area contributed by atoms with Crippen LogP contribution >= 0.6 is 11.3 Å². The average Bonchev–Trinajstić information content (AvgIpc) is 2.89. The van der Waals surface area contributed by atoms with Gasteiger partial charge in [-0.05, 0) is 19.9 Å². The number of fused-ring (bicyclic) bond motifs is 1. The Hall–Kier alpha value is -1.40. The van der Waals surface area contributed by atoms with Gasteiger partial charge in [0.25, 0.3) is 0 Å². The normalized spacial score (nSPS) is 10.9. The van der Waals surface area contributed by atoms with Crippen LogP contribution in [0.5, 0.6) is 0 Å². The van der Waals surface area contributed by atoms with E-state index in [4.69, 9.17) is 4.74 Å². The monoisotopic (exact) mass is 267 g/mol. The summed E-state index contributed by atoms with van der Waals surface area (Å²) >= 11 is 1.62. The summed E-state index contributed by atoms with van der Waals surface area (Å²) in [6, 6.07) is 0. The predicted molar refractivity (Wildman–Crippen MR) is 70.6 cm³/mol. The van der Waals surface area contributed by atoms with Crippen LogP contribution in [0.25, 0.3) is 4.96 Å². The first-order chi connectivity index (χ1) is 8.79. The van der Waals surface area contributed by atoms with Crippen molar-refractivity contribution in [2.24, 2.45) is 0 Å². The maximum absolute atomic E-state index is 11.1. The summed E-state index contributed by atoms with van der Waals surface area (Å²) < 4.78 is 6.87. The van der Waals surface area contributed by atoms with E-state index in [1.165, 1.54) is 0 Å². The first kappa shape index (κ1) is 13.0. The molecular formula is C12H17N3O2S. The molecule has 2 heterocycles. The molecule has 0 aliphatic rings. The number of esters is 1. The van der Waals surface area contributed by atoms with E-state index in [-0.39, 0.29) is 5.97 Å². The van der Waals surface area contributed by atoms with E-state index in [1.54, 1.807) is 11.3 Å². The van der Waals surface area contributed by atoms with Gasteiger partial charge in [0.2, 0.25) is 0 Å². The highest BCUT2D eigenvalue weighted by atomic mass is 32.1. The molecule has 0 fully saturated rings. The van der Waals surface area contributed by atoms with Gasteiger partial charge in [0.05, 0.1) is 12.3 Å². The number of carbonyl (C=O) groups excluding carboxylic acids is 1. The standard InChI is InChI=1S/C12H17N3O2S/c1-2-17-11(16)4-3-5-13-8-10-9-15-6-7-18-12(15)14-10/h6-7,9,13H,2-5,8H2,1H3. The Labute approximate surface area is 110 Å². The fraction of sp³-hybridized carbons (Fsp3) is 0.500. The summed E-state index contributed by atoms with van der Waals surface area (Å²) in [5.41, 5.74) is 1.03. The molecule has 0 aliphatic carbocycles. The molecule has 5 nitrogen and oxygen atoms in total. The average molecular weight is 267 g/mol. The van der Waals surface area contributed by atoms with Gasteiger partial charge in [0, 0.05) is 30.7 Å². The van der Waals surface area contributed by atoms with Crippen LogP contribution in [-0.4, -0.2) is 28.5 Å². The molecule has 0 saturated carbocycles. The van der Waals surface area contributed by atoms with Crippen molar-refractivity contribution in [3.63, 3.8) is 0 Å². The third kappa shape index (κ3) is 3.54. The number of ether oxygens (including phenoxy) is 1. The molecule has 0 bridgehead atoms. The largest absolute Gasteiger partial charge is 0.466 e. The molecule has 0 radical (unpaired) electrons. The Morgan fingerprint density at radius 2 is 2.50 bits per heavy atom. The Kier molecular flexibility index (Phi) is 4.72. The summed E-state index contributed by atoms with van der Waals surface area (Å²) in [5, 5.41) is 5.28. The van der Waals surface area contributed by atoms with Gasteiger partial charge in [-0.1, -0.05) is 0 Å². The number of rotatable bonds is 7. The Morgan fingerprint density at radius 3 is 3.28 bits per heavy atom. The maximum Gasteiger partial charge on any atom is 0.305 e. The van der Waals surface area contributed by atoms with Crippen LogP contribution in [0.4, 0.5) is 0 Å². The van der Waals surface area contributed by atoms with E-state index in [9.17, 15) is 4.79 Å². The Balaban J connectivity index is 1.63. The Bertz CT molecular complexity index is 478. The fourth-order valence-electron chi connectivity index (χ4n) is 1.67. The number of hydrogen-bond acceptors (Lipinski definition) is 5. The van der Waals surface area contributed by atoms with Crippen molar-refractivity contribution in [3.8, 4) is 0 Å². The van der Waals surface area contributed by atoms with Crippen molar-refractivity contribution in [1.82, 2.24) is 14.7 Å². The topological polar surface area (TPSA) is 55.6 Å². The van der Waals surface area contributed by atoms with E-state index in [1.807, 2.05) is 29.1 Å². The van der Waals surface area contributed by atoms with E-state index in [0.29, 0.717) is 13.0 Å². The first-order valence-electron chi connectivity index (χ1n) is 6.07. The molecule has 0 amide bonds. The minimum Gasteiger partial charge on any atom is -0.466 e. The SMILES string of the molecule is CCOC(=O)CCCNCc1cn2ccsc2n1. The highest BCUT2D eigenvalue weighted by Gasteiger charge is 2.03. The quantitative estimate of drug-likeness (QED) is 0.614. The van der Waals surface area contributed by atoms with Gasteiger partial charge < -0.3 is 10.1 Å². The molecule has 6 heteroatoms. The minimum absolute atomic E-state index is 0.123. The molecular weight excluding hydrogens is 250 g/mol. The molecule has 0 aromatic carbocycles. The van der Waals surface area contributed by atoms with Crippen LogP contribution in [0.15, 0.2) is 17.8 Å². The molecule has 0 aliphatic heterocycles. The zero-order valence-corrected chi connectivity index (χ0v) is 11.2.